The van der Waals surface area contributed by atoms with Crippen LogP contribution in [0.25, 0.3) is 0 Å². The summed E-state index contributed by atoms with van der Waals surface area (Å²) in [5.41, 5.74) is 0.531. The average molecular weight is 280 g/mol. The van der Waals surface area contributed by atoms with Crippen LogP contribution in [-0.4, -0.2) is 36.5 Å². The summed E-state index contributed by atoms with van der Waals surface area (Å²) in [6, 6.07) is 0.786. The van der Waals surface area contributed by atoms with Crippen LogP contribution in [0.2, 0.25) is 0 Å². The number of hydrogen-bond donors (Lipinski definition) is 1. The number of likely N-dealkylation sites (tertiary alicyclic amines) is 1. The standard InChI is InChI=1S/C17H32N2O/c1-13(2)16(20)18-11-14-6-5-9-19(12-14)15-7-8-17(3,4)10-15/h13-15H,5-12H2,1-4H3,(H,18,20)/t14-,15+/m0/s1. The third-order valence-electron chi connectivity index (χ3n) is 5.10. The van der Waals surface area contributed by atoms with E-state index in [1.807, 2.05) is 13.8 Å². The molecule has 0 aromatic carbocycles. The van der Waals surface area contributed by atoms with Crippen molar-refractivity contribution in [1.82, 2.24) is 10.2 Å². The lowest BCUT2D eigenvalue weighted by molar-refractivity contribution is -0.124. The van der Waals surface area contributed by atoms with E-state index in [-0.39, 0.29) is 11.8 Å². The fourth-order valence-corrected chi connectivity index (χ4v) is 3.76. The van der Waals surface area contributed by atoms with Crippen molar-refractivity contribution >= 4 is 5.91 Å². The van der Waals surface area contributed by atoms with Gasteiger partial charge in [-0.15, -0.1) is 0 Å². The van der Waals surface area contributed by atoms with Gasteiger partial charge < -0.3 is 10.2 Å². The maximum atomic E-state index is 11.7. The van der Waals surface area contributed by atoms with Gasteiger partial charge in [-0.3, -0.25) is 4.79 Å². The molecule has 1 heterocycles. The van der Waals surface area contributed by atoms with Gasteiger partial charge in [0.1, 0.15) is 0 Å². The molecule has 0 unspecified atom stereocenters. The van der Waals surface area contributed by atoms with Crippen molar-refractivity contribution in [3.63, 3.8) is 0 Å². The molecule has 1 saturated heterocycles. The van der Waals surface area contributed by atoms with E-state index in [1.54, 1.807) is 0 Å². The maximum Gasteiger partial charge on any atom is 0.222 e. The van der Waals surface area contributed by atoms with Crippen LogP contribution in [0.15, 0.2) is 0 Å². The zero-order valence-electron chi connectivity index (χ0n) is 13.7. The SMILES string of the molecule is CC(C)C(=O)NC[C@@H]1CCCN([C@@H]2CCC(C)(C)C2)C1. The highest BCUT2D eigenvalue weighted by molar-refractivity contribution is 5.77. The van der Waals surface area contributed by atoms with Crippen LogP contribution in [-0.2, 0) is 4.79 Å². The van der Waals surface area contributed by atoms with Crippen molar-refractivity contribution in [2.45, 2.75) is 65.8 Å². The molecule has 0 radical (unpaired) electrons. The van der Waals surface area contributed by atoms with E-state index in [1.165, 1.54) is 45.2 Å². The van der Waals surface area contributed by atoms with E-state index in [4.69, 9.17) is 0 Å². The molecule has 1 amide bonds. The van der Waals surface area contributed by atoms with E-state index in [2.05, 4.69) is 24.1 Å². The molecule has 3 heteroatoms. The summed E-state index contributed by atoms with van der Waals surface area (Å²) in [5.74, 6) is 0.949. The summed E-state index contributed by atoms with van der Waals surface area (Å²) in [7, 11) is 0. The molecule has 3 nitrogen and oxygen atoms in total. The topological polar surface area (TPSA) is 32.3 Å². The van der Waals surface area contributed by atoms with Crippen molar-refractivity contribution in [3.8, 4) is 0 Å². The smallest absolute Gasteiger partial charge is 0.222 e. The molecule has 0 spiro atoms. The van der Waals surface area contributed by atoms with Gasteiger partial charge in [0.2, 0.25) is 5.91 Å². The van der Waals surface area contributed by atoms with E-state index in [0.29, 0.717) is 11.3 Å². The third-order valence-corrected chi connectivity index (χ3v) is 5.10. The number of carbonyl (C=O) groups is 1. The third kappa shape index (κ3) is 4.21. The van der Waals surface area contributed by atoms with Crippen LogP contribution in [0.1, 0.15) is 59.8 Å². The van der Waals surface area contributed by atoms with Crippen LogP contribution in [0.3, 0.4) is 0 Å². The molecule has 1 saturated carbocycles. The predicted octanol–water partition coefficient (Wildman–Crippen LogP) is 3.05. The first-order valence-corrected chi connectivity index (χ1v) is 8.39. The molecule has 0 bridgehead atoms. The highest BCUT2D eigenvalue weighted by Crippen LogP contribution is 2.40. The number of hydrogen-bond acceptors (Lipinski definition) is 2. The molecule has 0 aromatic rings. The van der Waals surface area contributed by atoms with Gasteiger partial charge in [0, 0.05) is 25.0 Å². The Balaban J connectivity index is 1.79. The second-order valence-corrected chi connectivity index (χ2v) is 7.96. The second kappa shape index (κ2) is 6.46. The Bertz CT molecular complexity index is 338. The molecule has 1 N–H and O–H groups in total. The molecule has 2 fully saturated rings. The predicted molar refractivity (Wildman–Crippen MR) is 83.6 cm³/mol. The fraction of sp³-hybridized carbons (Fsp3) is 0.941. The minimum atomic E-state index is 0.102. The van der Waals surface area contributed by atoms with Crippen LogP contribution >= 0.6 is 0 Å². The first-order valence-electron chi connectivity index (χ1n) is 8.39. The molecular formula is C17H32N2O. The van der Waals surface area contributed by atoms with E-state index in [9.17, 15) is 4.79 Å². The Morgan fingerprint density at radius 2 is 2.10 bits per heavy atom. The second-order valence-electron chi connectivity index (χ2n) is 7.96. The van der Waals surface area contributed by atoms with Gasteiger partial charge in [-0.1, -0.05) is 27.7 Å². The lowest BCUT2D eigenvalue weighted by atomic mass is 9.91. The number of piperidine rings is 1. The molecule has 2 atom stereocenters. The number of rotatable bonds is 4. The van der Waals surface area contributed by atoms with Gasteiger partial charge in [0.25, 0.3) is 0 Å². The fourth-order valence-electron chi connectivity index (χ4n) is 3.76. The van der Waals surface area contributed by atoms with Gasteiger partial charge in [0.15, 0.2) is 0 Å². The molecule has 1 aliphatic heterocycles. The number of nitrogens with one attached hydrogen (secondary N) is 1. The van der Waals surface area contributed by atoms with Gasteiger partial charge in [-0.05, 0) is 50.0 Å². The Morgan fingerprint density at radius 1 is 1.35 bits per heavy atom. The zero-order valence-corrected chi connectivity index (χ0v) is 13.7. The van der Waals surface area contributed by atoms with Crippen molar-refractivity contribution in [1.29, 1.82) is 0 Å². The average Bonchev–Trinajstić information content (AvgIpc) is 2.76. The largest absolute Gasteiger partial charge is 0.356 e. The highest BCUT2D eigenvalue weighted by atomic mass is 16.1. The first-order chi connectivity index (χ1) is 9.37. The summed E-state index contributed by atoms with van der Waals surface area (Å²) in [5, 5.41) is 3.11. The van der Waals surface area contributed by atoms with E-state index >= 15 is 0 Å². The summed E-state index contributed by atoms with van der Waals surface area (Å²) in [4.78, 5) is 14.4. The molecule has 1 aliphatic carbocycles. The molecular weight excluding hydrogens is 248 g/mol. The maximum absolute atomic E-state index is 11.7. The Hall–Kier alpha value is -0.570. The quantitative estimate of drug-likeness (QED) is 0.858. The molecule has 116 valence electrons. The van der Waals surface area contributed by atoms with Crippen LogP contribution in [0.4, 0.5) is 0 Å². The lowest BCUT2D eigenvalue weighted by Gasteiger charge is -2.37. The van der Waals surface area contributed by atoms with E-state index in [0.717, 1.165) is 12.6 Å². The summed E-state index contributed by atoms with van der Waals surface area (Å²) < 4.78 is 0. The summed E-state index contributed by atoms with van der Waals surface area (Å²) in [6.07, 6.45) is 6.63. The Kier molecular flexibility index (Phi) is 5.11. The lowest BCUT2D eigenvalue weighted by Crippen LogP contribution is -2.45. The number of amides is 1. The van der Waals surface area contributed by atoms with Crippen molar-refractivity contribution < 1.29 is 4.79 Å². The van der Waals surface area contributed by atoms with Crippen LogP contribution in [0, 0.1) is 17.3 Å². The summed E-state index contributed by atoms with van der Waals surface area (Å²) in [6.45, 7) is 12.0. The van der Waals surface area contributed by atoms with Crippen molar-refractivity contribution in [2.24, 2.45) is 17.3 Å². The van der Waals surface area contributed by atoms with Gasteiger partial charge in [0.05, 0.1) is 0 Å². The van der Waals surface area contributed by atoms with Crippen molar-refractivity contribution in [3.05, 3.63) is 0 Å². The zero-order chi connectivity index (χ0) is 14.8. The number of carbonyl (C=O) groups excluding carboxylic acids is 1. The van der Waals surface area contributed by atoms with Crippen LogP contribution in [0.5, 0.6) is 0 Å². The van der Waals surface area contributed by atoms with Gasteiger partial charge in [-0.2, -0.15) is 0 Å². The molecule has 0 aromatic heterocycles. The first kappa shape index (κ1) is 15.8. The minimum absolute atomic E-state index is 0.102. The van der Waals surface area contributed by atoms with Gasteiger partial charge in [-0.25, -0.2) is 0 Å². The van der Waals surface area contributed by atoms with Gasteiger partial charge >= 0.3 is 0 Å². The van der Waals surface area contributed by atoms with Crippen LogP contribution < -0.4 is 5.32 Å². The summed E-state index contributed by atoms with van der Waals surface area (Å²) >= 11 is 0. The molecule has 2 rings (SSSR count). The highest BCUT2D eigenvalue weighted by Gasteiger charge is 2.35. The normalized spacial score (nSPS) is 30.6. The molecule has 20 heavy (non-hydrogen) atoms. The number of nitrogens with zero attached hydrogens (tertiary/aromatic N) is 1. The monoisotopic (exact) mass is 280 g/mol. The minimum Gasteiger partial charge on any atom is -0.356 e. The Morgan fingerprint density at radius 3 is 2.70 bits per heavy atom. The molecule has 2 aliphatic rings. The van der Waals surface area contributed by atoms with E-state index < -0.39 is 0 Å². The Labute approximate surface area is 124 Å². The van der Waals surface area contributed by atoms with Crippen molar-refractivity contribution in [2.75, 3.05) is 19.6 Å².